The molecule has 0 fully saturated rings. The minimum atomic E-state index is -1.82. The monoisotopic (exact) mass is 822 g/mol. The van der Waals surface area contributed by atoms with Crippen LogP contribution in [0.15, 0.2) is 6.20 Å². The lowest BCUT2D eigenvalue weighted by molar-refractivity contribution is -0.141. The van der Waals surface area contributed by atoms with Crippen LogP contribution in [-0.2, 0) is 60.9 Å². The Bertz CT molecular complexity index is 1700. The van der Waals surface area contributed by atoms with Crippen LogP contribution >= 0.6 is 0 Å². The Labute approximate surface area is 333 Å². The molecule has 13 N–H and O–H groups in total. The highest BCUT2D eigenvalue weighted by Gasteiger charge is 2.35. The van der Waals surface area contributed by atoms with Crippen LogP contribution in [0.2, 0.25) is 0 Å². The van der Waals surface area contributed by atoms with Crippen molar-refractivity contribution in [2.45, 2.75) is 122 Å². The molecule has 0 spiro atoms. The van der Waals surface area contributed by atoms with Gasteiger partial charge in [-0.25, -0.2) is 0 Å². The summed E-state index contributed by atoms with van der Waals surface area (Å²) in [4.78, 5) is 128. The number of hydrogen-bond acceptors (Lipinski definition) is 13. The van der Waals surface area contributed by atoms with Gasteiger partial charge >= 0.3 is 5.97 Å². The number of carbonyl (C=O) groups is 10. The Kier molecular flexibility index (Phi) is 18.6. The van der Waals surface area contributed by atoms with E-state index >= 15 is 0 Å². The van der Waals surface area contributed by atoms with E-state index in [4.69, 9.17) is 11.5 Å². The Morgan fingerprint density at radius 3 is 1.97 bits per heavy atom. The first kappa shape index (κ1) is 48.0. The van der Waals surface area contributed by atoms with Crippen molar-refractivity contribution in [3.63, 3.8) is 0 Å². The van der Waals surface area contributed by atoms with Gasteiger partial charge in [0, 0.05) is 25.1 Å². The summed E-state index contributed by atoms with van der Waals surface area (Å²) in [6.45, 7) is 6.80. The number of carbonyl (C=O) groups excluding carboxylic acids is 9. The SMILES string of the molecule is CC(C)C(=O)N[C@@H]1Cc2cn(nn2)CCCC[C@@H](C(N)=O)NC(=O)[C@@H](CC(=O)O)NC(=O)[C@H](CC(N)=O)NC(=O)[C@@H](C)NC(=O)C(C(C)C)NC(=O)[C@@H](CO)NC1=O. The van der Waals surface area contributed by atoms with E-state index in [-0.39, 0.29) is 31.5 Å². The average Bonchev–Trinajstić information content (AvgIpc) is 3.58. The first-order valence-corrected chi connectivity index (χ1v) is 18.5. The molecule has 24 heteroatoms. The zero-order chi connectivity index (χ0) is 43.9. The Morgan fingerprint density at radius 2 is 1.40 bits per heavy atom. The lowest BCUT2D eigenvalue weighted by Crippen LogP contribution is -2.61. The van der Waals surface area contributed by atoms with Gasteiger partial charge in [-0.2, -0.15) is 0 Å². The summed E-state index contributed by atoms with van der Waals surface area (Å²) in [5.41, 5.74) is 11.0. The number of aromatic nitrogens is 3. The highest BCUT2D eigenvalue weighted by molar-refractivity contribution is 5.99. The maximum Gasteiger partial charge on any atom is 0.305 e. The lowest BCUT2D eigenvalue weighted by atomic mass is 10.0. The summed E-state index contributed by atoms with van der Waals surface area (Å²) < 4.78 is 1.42. The molecular weight excluding hydrogens is 768 g/mol. The van der Waals surface area contributed by atoms with Gasteiger partial charge in [-0.3, -0.25) is 52.6 Å². The number of nitrogens with two attached hydrogens (primary N) is 2. The number of carboxylic acid groups (broad SMARTS) is 1. The van der Waals surface area contributed by atoms with Crippen molar-refractivity contribution >= 4 is 59.1 Å². The van der Waals surface area contributed by atoms with Crippen molar-refractivity contribution in [3.8, 4) is 0 Å². The van der Waals surface area contributed by atoms with E-state index in [1.807, 2.05) is 0 Å². The van der Waals surface area contributed by atoms with Crippen molar-refractivity contribution in [2.24, 2.45) is 23.3 Å². The van der Waals surface area contributed by atoms with Crippen LogP contribution in [-0.4, -0.2) is 133 Å². The number of aliphatic hydroxyl groups excluding tert-OH is 1. The summed E-state index contributed by atoms with van der Waals surface area (Å²) in [6.07, 6.45) is 0.0853. The third-order valence-electron chi connectivity index (χ3n) is 8.81. The van der Waals surface area contributed by atoms with Gasteiger partial charge in [0.1, 0.15) is 42.3 Å². The molecule has 1 aliphatic rings. The highest BCUT2D eigenvalue weighted by atomic mass is 16.4. The Morgan fingerprint density at radius 1 is 0.810 bits per heavy atom. The van der Waals surface area contributed by atoms with Crippen LogP contribution in [0, 0.1) is 11.8 Å². The number of hydrogen-bond donors (Lipinski definition) is 11. The second-order valence-electron chi connectivity index (χ2n) is 14.4. The van der Waals surface area contributed by atoms with E-state index in [0.717, 1.165) is 0 Å². The van der Waals surface area contributed by atoms with Crippen LogP contribution < -0.4 is 48.7 Å². The number of carboxylic acids is 1. The van der Waals surface area contributed by atoms with Crippen LogP contribution in [0.25, 0.3) is 0 Å². The van der Waals surface area contributed by atoms with Crippen molar-refractivity contribution in [1.29, 1.82) is 0 Å². The van der Waals surface area contributed by atoms with Gasteiger partial charge in [-0.05, 0) is 32.1 Å². The number of aliphatic hydroxyl groups is 1. The van der Waals surface area contributed by atoms with Crippen LogP contribution in [0.5, 0.6) is 0 Å². The molecule has 2 heterocycles. The molecule has 1 aliphatic heterocycles. The number of primary amides is 2. The van der Waals surface area contributed by atoms with E-state index in [1.165, 1.54) is 17.8 Å². The molecule has 0 aliphatic carbocycles. The predicted molar refractivity (Wildman–Crippen MR) is 199 cm³/mol. The molecule has 24 nitrogen and oxygen atoms in total. The third kappa shape index (κ3) is 15.4. The fraction of sp³-hybridized carbons (Fsp3) is 0.647. The van der Waals surface area contributed by atoms with Crippen molar-refractivity contribution < 1.29 is 58.2 Å². The summed E-state index contributed by atoms with van der Waals surface area (Å²) in [7, 11) is 0. The number of amides is 9. The number of nitrogens with zero attached hydrogens (tertiary/aromatic N) is 3. The molecule has 1 aromatic heterocycles. The molecule has 1 unspecified atom stereocenters. The van der Waals surface area contributed by atoms with Crippen molar-refractivity contribution in [1.82, 2.24) is 52.2 Å². The van der Waals surface area contributed by atoms with E-state index in [9.17, 15) is 58.2 Å². The molecule has 2 rings (SSSR count). The van der Waals surface area contributed by atoms with E-state index in [0.29, 0.717) is 6.42 Å². The molecular formula is C34H54N12O12. The molecule has 1 aromatic rings. The average molecular weight is 823 g/mol. The molecule has 58 heavy (non-hydrogen) atoms. The zero-order valence-corrected chi connectivity index (χ0v) is 32.9. The molecule has 0 saturated carbocycles. The van der Waals surface area contributed by atoms with Crippen molar-refractivity contribution in [2.75, 3.05) is 6.61 Å². The van der Waals surface area contributed by atoms with E-state index in [1.54, 1.807) is 27.7 Å². The molecule has 322 valence electrons. The fourth-order valence-electron chi connectivity index (χ4n) is 5.47. The molecule has 0 radical (unpaired) electrons. The first-order chi connectivity index (χ1) is 27.1. The second-order valence-corrected chi connectivity index (χ2v) is 14.4. The summed E-state index contributed by atoms with van der Waals surface area (Å²) >= 11 is 0. The largest absolute Gasteiger partial charge is 0.481 e. The number of aryl methyl sites for hydroxylation is 1. The summed E-state index contributed by atoms with van der Waals surface area (Å²) in [6, 6.07) is -10.6. The number of rotatable bonds is 9. The van der Waals surface area contributed by atoms with E-state index in [2.05, 4.69) is 47.5 Å². The van der Waals surface area contributed by atoms with Gasteiger partial charge in [-0.1, -0.05) is 32.9 Å². The minimum absolute atomic E-state index is 0.0267. The summed E-state index contributed by atoms with van der Waals surface area (Å²) in [5, 5.41) is 44.1. The van der Waals surface area contributed by atoms with Gasteiger partial charge in [0.25, 0.3) is 0 Å². The van der Waals surface area contributed by atoms with Gasteiger partial charge in [-0.15, -0.1) is 5.10 Å². The maximum atomic E-state index is 13.5. The number of aliphatic carboxylic acids is 1. The van der Waals surface area contributed by atoms with Gasteiger partial charge in [0.2, 0.25) is 53.2 Å². The van der Waals surface area contributed by atoms with E-state index < -0.39 is 133 Å². The highest BCUT2D eigenvalue weighted by Crippen LogP contribution is 2.09. The minimum Gasteiger partial charge on any atom is -0.481 e. The third-order valence-corrected chi connectivity index (χ3v) is 8.81. The van der Waals surface area contributed by atoms with Crippen LogP contribution in [0.4, 0.5) is 0 Å². The summed E-state index contributed by atoms with van der Waals surface area (Å²) in [5.74, 6) is -11.4. The molecule has 9 amide bonds. The fourth-order valence-corrected chi connectivity index (χ4v) is 5.47. The van der Waals surface area contributed by atoms with Gasteiger partial charge < -0.3 is 58.9 Å². The normalized spacial score (nSPS) is 25.2. The van der Waals surface area contributed by atoms with Gasteiger partial charge in [0.05, 0.1) is 25.1 Å². The van der Waals surface area contributed by atoms with Crippen LogP contribution in [0.1, 0.15) is 72.4 Å². The molecule has 7 atom stereocenters. The molecule has 2 bridgehead atoms. The smallest absolute Gasteiger partial charge is 0.305 e. The second kappa shape index (κ2) is 22.5. The quantitative estimate of drug-likeness (QED) is 0.111. The number of nitrogens with one attached hydrogen (secondary N) is 7. The maximum absolute atomic E-state index is 13.5. The Hall–Kier alpha value is -6.20. The first-order valence-electron chi connectivity index (χ1n) is 18.5. The number of fused-ring (bicyclic) bond motifs is 2. The lowest BCUT2D eigenvalue weighted by Gasteiger charge is -2.27. The Balaban J connectivity index is 2.52. The van der Waals surface area contributed by atoms with Crippen molar-refractivity contribution in [3.05, 3.63) is 11.9 Å². The topological polar surface area (TPSA) is 378 Å². The standard InChI is InChI=1S/C34H54N12O12/c1-15(2)26-34(58)37-17(5)29(53)40-21(11-24(35)48)31(55)41-22(12-25(49)50)32(56)38-19(27(36)51)8-6-7-9-46-13-18(44-45-46)10-20(39-28(52)16(3)4)30(54)42-23(14-47)33(57)43-26/h13,15-17,19-23,26,47H,6-12,14H2,1-5H3,(H2,35,48)(H2,36,51)(H,37,58)(H,38,56)(H,39,52)(H,40,53)(H,41,55)(H,42,54)(H,43,57)(H,49,50)/t17-,19+,20-,21+,22-,23-,26?/m1/s1. The molecule has 0 aromatic carbocycles. The van der Waals surface area contributed by atoms with Gasteiger partial charge in [0.15, 0.2) is 0 Å². The zero-order valence-electron chi connectivity index (χ0n) is 32.9. The predicted octanol–water partition coefficient (Wildman–Crippen LogP) is -5.44. The van der Waals surface area contributed by atoms with Crippen LogP contribution in [0.3, 0.4) is 0 Å². The molecule has 0 saturated heterocycles.